The molecule has 2 atom stereocenters. The summed E-state index contributed by atoms with van der Waals surface area (Å²) in [5.41, 5.74) is 0.0611. The van der Waals surface area contributed by atoms with Crippen molar-refractivity contribution in [3.05, 3.63) is 0 Å². The highest BCUT2D eigenvalue weighted by Gasteiger charge is 2.31. The van der Waals surface area contributed by atoms with Crippen molar-refractivity contribution in [2.24, 2.45) is 11.8 Å². The molecule has 96 valence electrons. The highest BCUT2D eigenvalue weighted by molar-refractivity contribution is 4.84. The molecule has 16 heavy (non-hydrogen) atoms. The number of hydrogen-bond donors (Lipinski definition) is 1. The van der Waals surface area contributed by atoms with Crippen LogP contribution in [0.3, 0.4) is 0 Å². The molecule has 1 rings (SSSR count). The molecular formula is C14H29NO. The Morgan fingerprint density at radius 1 is 1.25 bits per heavy atom. The van der Waals surface area contributed by atoms with E-state index in [1.807, 2.05) is 7.11 Å². The molecule has 0 aromatic rings. The molecule has 0 aliphatic heterocycles. The summed E-state index contributed by atoms with van der Waals surface area (Å²) >= 11 is 0. The third-order valence-electron chi connectivity index (χ3n) is 4.03. The molecule has 0 amide bonds. The van der Waals surface area contributed by atoms with Crippen molar-refractivity contribution in [1.29, 1.82) is 0 Å². The van der Waals surface area contributed by atoms with E-state index >= 15 is 0 Å². The lowest BCUT2D eigenvalue weighted by Gasteiger charge is -2.39. The maximum absolute atomic E-state index is 5.47. The van der Waals surface area contributed by atoms with E-state index in [9.17, 15) is 0 Å². The monoisotopic (exact) mass is 227 g/mol. The quantitative estimate of drug-likeness (QED) is 0.721. The molecule has 0 aromatic carbocycles. The Labute approximate surface area is 101 Å². The van der Waals surface area contributed by atoms with Crippen LogP contribution in [0.2, 0.25) is 0 Å². The van der Waals surface area contributed by atoms with Gasteiger partial charge in [-0.25, -0.2) is 0 Å². The number of ether oxygens (including phenoxy) is 1. The highest BCUT2D eigenvalue weighted by Crippen LogP contribution is 2.38. The van der Waals surface area contributed by atoms with Crippen LogP contribution in [0.4, 0.5) is 0 Å². The van der Waals surface area contributed by atoms with Crippen LogP contribution in [0, 0.1) is 11.8 Å². The topological polar surface area (TPSA) is 21.3 Å². The van der Waals surface area contributed by atoms with Crippen LogP contribution in [0.1, 0.15) is 53.4 Å². The lowest BCUT2D eigenvalue weighted by molar-refractivity contribution is 0.00195. The normalized spacial score (nSPS) is 25.9. The lowest BCUT2D eigenvalue weighted by Crippen LogP contribution is -2.38. The second-order valence-electron chi connectivity index (χ2n) is 6.16. The van der Waals surface area contributed by atoms with E-state index < -0.39 is 0 Å². The van der Waals surface area contributed by atoms with Gasteiger partial charge in [-0.2, -0.15) is 0 Å². The number of rotatable bonds is 7. The van der Waals surface area contributed by atoms with Crippen molar-refractivity contribution in [3.8, 4) is 0 Å². The van der Waals surface area contributed by atoms with E-state index in [-0.39, 0.29) is 5.60 Å². The molecule has 0 spiro atoms. The summed E-state index contributed by atoms with van der Waals surface area (Å²) in [6, 6.07) is 0.622. The number of hydrogen-bond acceptors (Lipinski definition) is 2. The Hall–Kier alpha value is -0.0800. The van der Waals surface area contributed by atoms with E-state index in [0.717, 1.165) is 11.8 Å². The summed E-state index contributed by atoms with van der Waals surface area (Å²) in [5.74, 6) is 1.84. The van der Waals surface area contributed by atoms with Crippen LogP contribution in [0.25, 0.3) is 0 Å². The van der Waals surface area contributed by atoms with Crippen molar-refractivity contribution >= 4 is 0 Å². The van der Waals surface area contributed by atoms with Crippen LogP contribution in [0.15, 0.2) is 0 Å². The molecule has 0 heterocycles. The summed E-state index contributed by atoms with van der Waals surface area (Å²) in [7, 11) is 1.82. The first-order valence-corrected chi connectivity index (χ1v) is 6.73. The summed E-state index contributed by atoms with van der Waals surface area (Å²) in [6.07, 6.45) is 5.35. The van der Waals surface area contributed by atoms with Gasteiger partial charge in [-0.1, -0.05) is 13.8 Å². The van der Waals surface area contributed by atoms with E-state index in [4.69, 9.17) is 4.74 Å². The molecule has 0 aromatic heterocycles. The molecule has 2 heteroatoms. The molecule has 1 aliphatic rings. The SMILES string of the molecule is COC(C)(C)CCC1CCC1CNC(C)C. The summed E-state index contributed by atoms with van der Waals surface area (Å²) < 4.78 is 5.47. The van der Waals surface area contributed by atoms with Crippen LogP contribution < -0.4 is 5.32 Å². The Morgan fingerprint density at radius 2 is 1.88 bits per heavy atom. The van der Waals surface area contributed by atoms with Gasteiger partial charge in [-0.3, -0.25) is 0 Å². The maximum Gasteiger partial charge on any atom is 0.0622 e. The third-order valence-corrected chi connectivity index (χ3v) is 4.03. The van der Waals surface area contributed by atoms with E-state index in [1.54, 1.807) is 0 Å². The van der Waals surface area contributed by atoms with Crippen molar-refractivity contribution in [2.75, 3.05) is 13.7 Å². The zero-order valence-corrected chi connectivity index (χ0v) is 11.7. The van der Waals surface area contributed by atoms with Gasteiger partial charge in [-0.05, 0) is 57.9 Å². The highest BCUT2D eigenvalue weighted by atomic mass is 16.5. The standard InChI is InChI=1S/C14H29NO/c1-11(2)15-10-13-7-6-12(13)8-9-14(3,4)16-5/h11-13,15H,6-10H2,1-5H3. The first-order chi connectivity index (χ1) is 7.44. The molecule has 2 unspecified atom stereocenters. The third kappa shape index (κ3) is 4.42. The predicted octanol–water partition coefficient (Wildman–Crippen LogP) is 3.22. The zero-order chi connectivity index (χ0) is 12.2. The fraction of sp³-hybridized carbons (Fsp3) is 1.00. The lowest BCUT2D eigenvalue weighted by atomic mass is 9.70. The van der Waals surface area contributed by atoms with Crippen molar-refractivity contribution in [2.45, 2.75) is 65.0 Å². The molecule has 0 radical (unpaired) electrons. The van der Waals surface area contributed by atoms with Gasteiger partial charge in [0.15, 0.2) is 0 Å². The van der Waals surface area contributed by atoms with E-state index in [2.05, 4.69) is 33.0 Å². The second-order valence-corrected chi connectivity index (χ2v) is 6.16. The summed E-state index contributed by atoms with van der Waals surface area (Å²) in [6.45, 7) is 10.0. The summed E-state index contributed by atoms with van der Waals surface area (Å²) in [5, 5.41) is 3.56. The largest absolute Gasteiger partial charge is 0.379 e. The van der Waals surface area contributed by atoms with Gasteiger partial charge in [0, 0.05) is 13.2 Å². The van der Waals surface area contributed by atoms with Crippen LogP contribution >= 0.6 is 0 Å². The van der Waals surface area contributed by atoms with Gasteiger partial charge in [-0.15, -0.1) is 0 Å². The Morgan fingerprint density at radius 3 is 2.31 bits per heavy atom. The van der Waals surface area contributed by atoms with Crippen molar-refractivity contribution < 1.29 is 4.74 Å². The first kappa shape index (κ1) is 14.0. The average Bonchev–Trinajstić information content (AvgIpc) is 2.16. The number of nitrogens with one attached hydrogen (secondary N) is 1. The fourth-order valence-electron chi connectivity index (χ4n) is 2.31. The molecule has 0 saturated heterocycles. The van der Waals surface area contributed by atoms with Crippen molar-refractivity contribution in [1.82, 2.24) is 5.32 Å². The Bertz CT molecular complexity index is 201. The van der Waals surface area contributed by atoms with Gasteiger partial charge in [0.25, 0.3) is 0 Å². The van der Waals surface area contributed by atoms with Crippen molar-refractivity contribution in [3.63, 3.8) is 0 Å². The minimum absolute atomic E-state index is 0.0611. The molecule has 1 aliphatic carbocycles. The van der Waals surface area contributed by atoms with Gasteiger partial charge in [0.2, 0.25) is 0 Å². The van der Waals surface area contributed by atoms with E-state index in [0.29, 0.717) is 6.04 Å². The first-order valence-electron chi connectivity index (χ1n) is 6.73. The molecule has 0 bridgehead atoms. The predicted molar refractivity (Wildman–Crippen MR) is 69.7 cm³/mol. The minimum Gasteiger partial charge on any atom is -0.379 e. The molecule has 1 saturated carbocycles. The molecule has 1 fully saturated rings. The molecular weight excluding hydrogens is 198 g/mol. The van der Waals surface area contributed by atoms with Gasteiger partial charge in [0.1, 0.15) is 0 Å². The van der Waals surface area contributed by atoms with Gasteiger partial charge >= 0.3 is 0 Å². The van der Waals surface area contributed by atoms with Crippen LogP contribution in [-0.4, -0.2) is 25.3 Å². The second kappa shape index (κ2) is 6.02. The van der Waals surface area contributed by atoms with Crippen LogP contribution in [-0.2, 0) is 4.74 Å². The maximum atomic E-state index is 5.47. The van der Waals surface area contributed by atoms with Crippen LogP contribution in [0.5, 0.6) is 0 Å². The minimum atomic E-state index is 0.0611. The molecule has 1 N–H and O–H groups in total. The smallest absolute Gasteiger partial charge is 0.0622 e. The Balaban J connectivity index is 2.18. The summed E-state index contributed by atoms with van der Waals surface area (Å²) in [4.78, 5) is 0. The van der Waals surface area contributed by atoms with Gasteiger partial charge in [0.05, 0.1) is 5.60 Å². The van der Waals surface area contributed by atoms with E-state index in [1.165, 1.54) is 32.2 Å². The number of methoxy groups -OCH3 is 1. The fourth-order valence-corrected chi connectivity index (χ4v) is 2.31. The molecule has 2 nitrogen and oxygen atoms in total. The zero-order valence-electron chi connectivity index (χ0n) is 11.7. The van der Waals surface area contributed by atoms with Gasteiger partial charge < -0.3 is 10.1 Å². The Kier molecular flexibility index (Phi) is 5.26. The average molecular weight is 227 g/mol.